The molecular weight excluding hydrogens is 522 g/mol. The number of halogens is 1. The minimum absolute atomic E-state index is 0.0680. The van der Waals surface area contributed by atoms with Crippen molar-refractivity contribution < 1.29 is 22.7 Å². The molecule has 0 amide bonds. The number of sulfonamides is 1. The van der Waals surface area contributed by atoms with Crippen LogP contribution in [0.4, 0.5) is 0 Å². The van der Waals surface area contributed by atoms with Crippen LogP contribution in [0.2, 0.25) is 0 Å². The first-order valence-corrected chi connectivity index (χ1v) is 13.1. The van der Waals surface area contributed by atoms with Crippen LogP contribution >= 0.6 is 27.3 Å². The van der Waals surface area contributed by atoms with Gasteiger partial charge in [0, 0.05) is 20.0 Å². The third-order valence-electron chi connectivity index (χ3n) is 4.87. The van der Waals surface area contributed by atoms with Crippen LogP contribution in [0.25, 0.3) is 21.1 Å². The molecule has 0 spiro atoms. The van der Waals surface area contributed by atoms with E-state index >= 15 is 0 Å². The van der Waals surface area contributed by atoms with Crippen LogP contribution in [0.3, 0.4) is 0 Å². The van der Waals surface area contributed by atoms with Crippen LogP contribution in [0, 0.1) is 0 Å². The van der Waals surface area contributed by atoms with Gasteiger partial charge in [0.1, 0.15) is 16.7 Å². The Hall–Kier alpha value is -2.35. The van der Waals surface area contributed by atoms with E-state index in [0.29, 0.717) is 52.6 Å². The summed E-state index contributed by atoms with van der Waals surface area (Å²) < 4.78 is 37.0. The molecule has 3 heterocycles. The van der Waals surface area contributed by atoms with Crippen molar-refractivity contribution in [3.8, 4) is 32.6 Å². The van der Waals surface area contributed by atoms with E-state index in [4.69, 9.17) is 9.47 Å². The number of nitrogens with one attached hydrogen (secondary N) is 1. The van der Waals surface area contributed by atoms with Crippen molar-refractivity contribution in [2.24, 2.45) is 0 Å². The summed E-state index contributed by atoms with van der Waals surface area (Å²) in [4.78, 5) is 13.0. The lowest BCUT2D eigenvalue weighted by Crippen LogP contribution is -2.41. The van der Waals surface area contributed by atoms with Gasteiger partial charge in [-0.1, -0.05) is 12.1 Å². The van der Waals surface area contributed by atoms with Gasteiger partial charge in [-0.2, -0.15) is 5.21 Å². The van der Waals surface area contributed by atoms with Crippen LogP contribution in [-0.4, -0.2) is 64.8 Å². The summed E-state index contributed by atoms with van der Waals surface area (Å²) in [6.07, 6.45) is 2.40. The number of H-pyrrole nitrogens is 1. The first kappa shape index (κ1) is 22.8. The SMILES string of the molecule is CC(=O)Oc1c(-c2nn[nH]n2)sc(-c2cccc(OC3CCN(S(C)(=O)=O)CC3)c2)c1Br. The van der Waals surface area contributed by atoms with E-state index in [2.05, 4.69) is 36.6 Å². The maximum Gasteiger partial charge on any atom is 0.308 e. The lowest BCUT2D eigenvalue weighted by molar-refractivity contribution is -0.131. The van der Waals surface area contributed by atoms with Crippen LogP contribution in [-0.2, 0) is 14.8 Å². The molecule has 2 aromatic heterocycles. The highest BCUT2D eigenvalue weighted by Gasteiger charge is 2.27. The number of hydrogen-bond acceptors (Lipinski definition) is 9. The highest BCUT2D eigenvalue weighted by molar-refractivity contribution is 9.10. The average molecular weight is 542 g/mol. The van der Waals surface area contributed by atoms with Gasteiger partial charge in [0.05, 0.1) is 15.6 Å². The number of nitrogens with zero attached hydrogens (tertiary/aromatic N) is 4. The topological polar surface area (TPSA) is 127 Å². The van der Waals surface area contributed by atoms with Crippen molar-refractivity contribution in [3.63, 3.8) is 0 Å². The number of hydrogen-bond donors (Lipinski definition) is 1. The summed E-state index contributed by atoms with van der Waals surface area (Å²) in [6.45, 7) is 2.21. The van der Waals surface area contributed by atoms with Crippen LogP contribution in [0.1, 0.15) is 19.8 Å². The van der Waals surface area contributed by atoms with E-state index in [9.17, 15) is 13.2 Å². The Kier molecular flexibility index (Phi) is 6.60. The maximum absolute atomic E-state index is 11.7. The molecule has 32 heavy (non-hydrogen) atoms. The first-order chi connectivity index (χ1) is 15.2. The van der Waals surface area contributed by atoms with E-state index in [1.54, 1.807) is 0 Å². The summed E-state index contributed by atoms with van der Waals surface area (Å²) in [5.41, 5.74) is 0.857. The molecule has 0 atom stereocenters. The highest BCUT2D eigenvalue weighted by Crippen LogP contribution is 2.49. The number of aromatic nitrogens is 4. The summed E-state index contributed by atoms with van der Waals surface area (Å²) in [7, 11) is -3.18. The zero-order valence-electron chi connectivity index (χ0n) is 17.2. The molecule has 170 valence electrons. The molecule has 0 unspecified atom stereocenters. The summed E-state index contributed by atoms with van der Waals surface area (Å²) in [6, 6.07) is 7.56. The van der Waals surface area contributed by atoms with Gasteiger partial charge in [-0.15, -0.1) is 21.5 Å². The Morgan fingerprint density at radius 1 is 1.28 bits per heavy atom. The second-order valence-electron chi connectivity index (χ2n) is 7.24. The summed E-state index contributed by atoms with van der Waals surface area (Å²) >= 11 is 4.90. The molecule has 1 aliphatic heterocycles. The monoisotopic (exact) mass is 541 g/mol. The molecule has 1 N–H and O–H groups in total. The smallest absolute Gasteiger partial charge is 0.308 e. The first-order valence-electron chi connectivity index (χ1n) is 9.69. The number of esters is 1. The predicted molar refractivity (Wildman–Crippen MR) is 122 cm³/mol. The third-order valence-corrected chi connectivity index (χ3v) is 8.41. The number of rotatable bonds is 6. The van der Waals surface area contributed by atoms with E-state index in [-0.39, 0.29) is 6.10 Å². The molecule has 0 bridgehead atoms. The number of ether oxygens (including phenoxy) is 2. The van der Waals surface area contributed by atoms with E-state index in [0.717, 1.165) is 10.4 Å². The van der Waals surface area contributed by atoms with E-state index < -0.39 is 16.0 Å². The molecule has 1 fully saturated rings. The molecular formula is C19H20BrN5O5S2. The van der Waals surface area contributed by atoms with Crippen molar-refractivity contribution in [1.29, 1.82) is 0 Å². The van der Waals surface area contributed by atoms with Crippen molar-refractivity contribution in [1.82, 2.24) is 24.9 Å². The van der Waals surface area contributed by atoms with Crippen molar-refractivity contribution >= 4 is 43.3 Å². The predicted octanol–water partition coefficient (Wildman–Crippen LogP) is 3.09. The largest absolute Gasteiger partial charge is 0.490 e. The van der Waals surface area contributed by atoms with Crippen LogP contribution in [0.5, 0.6) is 11.5 Å². The fraction of sp³-hybridized carbons (Fsp3) is 0.368. The Balaban J connectivity index is 1.58. The number of thiophene rings is 1. The summed E-state index contributed by atoms with van der Waals surface area (Å²) in [5, 5.41) is 14.0. The second-order valence-corrected chi connectivity index (χ2v) is 11.0. The van der Waals surface area contributed by atoms with Gasteiger partial charge in [-0.25, -0.2) is 12.7 Å². The van der Waals surface area contributed by atoms with Gasteiger partial charge in [0.15, 0.2) is 5.75 Å². The lowest BCUT2D eigenvalue weighted by atomic mass is 10.1. The van der Waals surface area contributed by atoms with Gasteiger partial charge in [0.2, 0.25) is 15.8 Å². The number of tetrazole rings is 1. The standard InChI is InChI=1S/C19H20BrN5O5S2/c1-11(26)29-16-15(20)17(31-18(16)19-21-23-24-22-19)12-4-3-5-14(10-12)30-13-6-8-25(9-7-13)32(2,27)28/h3-5,10,13H,6-9H2,1-2H3,(H,21,22,23,24). The quantitative estimate of drug-likeness (QED) is 0.471. The van der Waals surface area contributed by atoms with E-state index in [1.165, 1.54) is 28.8 Å². The molecule has 1 aromatic carbocycles. The number of carbonyl (C=O) groups is 1. The van der Waals surface area contributed by atoms with Gasteiger partial charge in [0.25, 0.3) is 0 Å². The fourth-order valence-corrected chi connectivity index (χ4v) is 6.21. The minimum atomic E-state index is -3.18. The average Bonchev–Trinajstić information content (AvgIpc) is 3.37. The Morgan fingerprint density at radius 3 is 2.66 bits per heavy atom. The number of benzene rings is 1. The zero-order chi connectivity index (χ0) is 22.9. The molecule has 10 nitrogen and oxygen atoms in total. The molecule has 1 aliphatic rings. The summed E-state index contributed by atoms with van der Waals surface area (Å²) in [5.74, 6) is 0.870. The van der Waals surface area contributed by atoms with Gasteiger partial charge >= 0.3 is 5.97 Å². The number of piperidine rings is 1. The van der Waals surface area contributed by atoms with Crippen molar-refractivity contribution in [3.05, 3.63) is 28.7 Å². The third kappa shape index (κ3) is 5.00. The van der Waals surface area contributed by atoms with Crippen LogP contribution in [0.15, 0.2) is 28.7 Å². The lowest BCUT2D eigenvalue weighted by Gasteiger charge is -2.30. The molecule has 13 heteroatoms. The zero-order valence-corrected chi connectivity index (χ0v) is 20.5. The normalized spacial score (nSPS) is 15.6. The fourth-order valence-electron chi connectivity index (χ4n) is 3.41. The van der Waals surface area contributed by atoms with Gasteiger partial charge < -0.3 is 9.47 Å². The van der Waals surface area contributed by atoms with Crippen molar-refractivity contribution in [2.45, 2.75) is 25.9 Å². The highest BCUT2D eigenvalue weighted by atomic mass is 79.9. The molecule has 4 rings (SSSR count). The van der Waals surface area contributed by atoms with E-state index in [1.807, 2.05) is 24.3 Å². The molecule has 0 aliphatic carbocycles. The van der Waals surface area contributed by atoms with Gasteiger partial charge in [-0.05, 0) is 51.7 Å². The Morgan fingerprint density at radius 2 is 2.03 bits per heavy atom. The molecule has 3 aromatic rings. The second kappa shape index (κ2) is 9.25. The molecule has 0 saturated carbocycles. The van der Waals surface area contributed by atoms with Gasteiger partial charge in [-0.3, -0.25) is 4.79 Å². The molecule has 0 radical (unpaired) electrons. The Labute approximate surface area is 197 Å². The van der Waals surface area contributed by atoms with Crippen molar-refractivity contribution in [2.75, 3.05) is 19.3 Å². The minimum Gasteiger partial charge on any atom is -0.490 e. The number of aromatic amines is 1. The Bertz CT molecular complexity index is 1220. The number of carbonyl (C=O) groups excluding carboxylic acids is 1. The molecule has 1 saturated heterocycles. The maximum atomic E-state index is 11.7. The van der Waals surface area contributed by atoms with Crippen LogP contribution < -0.4 is 9.47 Å².